The number of hydrogen-bond acceptors (Lipinski definition) is 2. The first-order chi connectivity index (χ1) is 10.1. The molecule has 0 fully saturated rings. The number of hydrogen-bond donors (Lipinski definition) is 1. The number of nitrogens with zero attached hydrogens (tertiary/aromatic N) is 1. The van der Waals surface area contributed by atoms with E-state index >= 15 is 0 Å². The van der Waals surface area contributed by atoms with Crippen molar-refractivity contribution in [1.82, 2.24) is 10.3 Å². The van der Waals surface area contributed by atoms with Gasteiger partial charge >= 0.3 is 0 Å². The Morgan fingerprint density at radius 2 is 2.00 bits per heavy atom. The quantitative estimate of drug-likeness (QED) is 0.831. The van der Waals surface area contributed by atoms with Gasteiger partial charge in [-0.05, 0) is 43.1 Å². The van der Waals surface area contributed by atoms with E-state index in [9.17, 15) is 8.78 Å². The van der Waals surface area contributed by atoms with E-state index in [2.05, 4.69) is 26.2 Å². The van der Waals surface area contributed by atoms with E-state index in [1.165, 1.54) is 12.1 Å². The van der Waals surface area contributed by atoms with Crippen LogP contribution in [0, 0.1) is 11.6 Å². The Bertz CT molecular complexity index is 567. The minimum Gasteiger partial charge on any atom is -0.309 e. The molecule has 0 aliphatic heterocycles. The van der Waals surface area contributed by atoms with Crippen molar-refractivity contribution < 1.29 is 8.78 Å². The molecule has 0 radical (unpaired) electrons. The Labute approximate surface area is 131 Å². The van der Waals surface area contributed by atoms with Gasteiger partial charge in [0.05, 0.1) is 0 Å². The number of halogens is 3. The first-order valence-electron chi connectivity index (χ1n) is 6.88. The summed E-state index contributed by atoms with van der Waals surface area (Å²) in [6, 6.07) is 5.90. The molecule has 1 heterocycles. The lowest BCUT2D eigenvalue weighted by Crippen LogP contribution is -2.26. The SMILES string of the molecule is CCCNC(Cc1cccnc1)c1c(F)cc(Br)cc1F. The molecule has 0 spiro atoms. The van der Waals surface area contributed by atoms with Gasteiger partial charge in [0.25, 0.3) is 0 Å². The largest absolute Gasteiger partial charge is 0.309 e. The summed E-state index contributed by atoms with van der Waals surface area (Å²) in [6.45, 7) is 2.71. The van der Waals surface area contributed by atoms with Crippen molar-refractivity contribution in [2.24, 2.45) is 0 Å². The van der Waals surface area contributed by atoms with Gasteiger partial charge in [0.15, 0.2) is 0 Å². The topological polar surface area (TPSA) is 24.9 Å². The molecule has 5 heteroatoms. The van der Waals surface area contributed by atoms with E-state index in [-0.39, 0.29) is 5.56 Å². The molecule has 0 aliphatic rings. The van der Waals surface area contributed by atoms with Gasteiger partial charge < -0.3 is 5.32 Å². The van der Waals surface area contributed by atoms with Crippen LogP contribution in [-0.4, -0.2) is 11.5 Å². The van der Waals surface area contributed by atoms with Crippen molar-refractivity contribution in [3.63, 3.8) is 0 Å². The van der Waals surface area contributed by atoms with Crippen molar-refractivity contribution in [3.05, 3.63) is 63.9 Å². The third kappa shape index (κ3) is 4.32. The van der Waals surface area contributed by atoms with Gasteiger partial charge in [0, 0.05) is 28.5 Å². The van der Waals surface area contributed by atoms with Gasteiger partial charge in [-0.25, -0.2) is 8.78 Å². The van der Waals surface area contributed by atoms with E-state index in [1.807, 2.05) is 19.1 Å². The van der Waals surface area contributed by atoms with Crippen LogP contribution in [0.3, 0.4) is 0 Å². The predicted octanol–water partition coefficient (Wildman–Crippen LogP) is 4.41. The van der Waals surface area contributed by atoms with Crippen LogP contribution in [0.5, 0.6) is 0 Å². The van der Waals surface area contributed by atoms with E-state index < -0.39 is 17.7 Å². The lowest BCUT2D eigenvalue weighted by Gasteiger charge is -2.20. The van der Waals surface area contributed by atoms with Gasteiger partial charge in [-0.3, -0.25) is 4.98 Å². The molecule has 0 saturated carbocycles. The Morgan fingerprint density at radius 1 is 1.29 bits per heavy atom. The fourth-order valence-corrected chi connectivity index (χ4v) is 2.64. The number of rotatable bonds is 6. The zero-order valence-electron chi connectivity index (χ0n) is 11.7. The van der Waals surface area contributed by atoms with Crippen LogP contribution in [0.25, 0.3) is 0 Å². The molecule has 0 amide bonds. The molecule has 1 N–H and O–H groups in total. The van der Waals surface area contributed by atoms with Crippen molar-refractivity contribution >= 4 is 15.9 Å². The van der Waals surface area contributed by atoms with Gasteiger partial charge in [-0.1, -0.05) is 28.9 Å². The molecular weight excluding hydrogens is 338 g/mol. The average molecular weight is 355 g/mol. The lowest BCUT2D eigenvalue weighted by atomic mass is 9.98. The van der Waals surface area contributed by atoms with Crippen LogP contribution in [0.4, 0.5) is 8.78 Å². The standard InChI is InChI=1S/C16H17BrF2N2/c1-2-5-21-15(7-11-4-3-6-20-10-11)16-13(18)8-12(17)9-14(16)19/h3-4,6,8-10,15,21H,2,5,7H2,1H3. The molecule has 1 unspecified atom stereocenters. The molecule has 2 aromatic rings. The lowest BCUT2D eigenvalue weighted by molar-refractivity contribution is 0.463. The van der Waals surface area contributed by atoms with E-state index in [4.69, 9.17) is 0 Å². The predicted molar refractivity (Wildman–Crippen MR) is 83.0 cm³/mol. The molecule has 21 heavy (non-hydrogen) atoms. The summed E-state index contributed by atoms with van der Waals surface area (Å²) in [7, 11) is 0. The zero-order chi connectivity index (χ0) is 15.2. The normalized spacial score (nSPS) is 12.4. The third-order valence-corrected chi connectivity index (χ3v) is 3.65. The fraction of sp³-hybridized carbons (Fsp3) is 0.312. The molecule has 112 valence electrons. The van der Waals surface area contributed by atoms with Crippen molar-refractivity contribution in [1.29, 1.82) is 0 Å². The zero-order valence-corrected chi connectivity index (χ0v) is 13.3. The van der Waals surface area contributed by atoms with Gasteiger partial charge in [-0.15, -0.1) is 0 Å². The minimum atomic E-state index is -0.542. The molecule has 2 rings (SSSR count). The summed E-state index contributed by atoms with van der Waals surface area (Å²) in [5, 5.41) is 3.21. The van der Waals surface area contributed by atoms with Gasteiger partial charge in [0.2, 0.25) is 0 Å². The van der Waals surface area contributed by atoms with Crippen LogP contribution < -0.4 is 5.32 Å². The summed E-state index contributed by atoms with van der Waals surface area (Å²) in [5.41, 5.74) is 1.02. The first-order valence-corrected chi connectivity index (χ1v) is 7.67. The second kappa shape index (κ2) is 7.61. The van der Waals surface area contributed by atoms with Gasteiger partial charge in [0.1, 0.15) is 11.6 Å². The molecule has 1 atom stereocenters. The van der Waals surface area contributed by atoms with Gasteiger partial charge in [-0.2, -0.15) is 0 Å². The Balaban J connectivity index is 2.32. The summed E-state index contributed by atoms with van der Waals surface area (Å²) in [6.07, 6.45) is 4.78. The number of pyridine rings is 1. The molecule has 1 aromatic heterocycles. The second-order valence-corrected chi connectivity index (χ2v) is 5.77. The Kier molecular flexibility index (Phi) is 5.82. The summed E-state index contributed by atoms with van der Waals surface area (Å²) >= 11 is 3.11. The molecule has 0 aliphatic carbocycles. The monoisotopic (exact) mass is 354 g/mol. The molecule has 0 bridgehead atoms. The van der Waals surface area contributed by atoms with Crippen molar-refractivity contribution in [3.8, 4) is 0 Å². The maximum Gasteiger partial charge on any atom is 0.132 e. The third-order valence-electron chi connectivity index (χ3n) is 3.20. The van der Waals surface area contributed by atoms with E-state index in [1.54, 1.807) is 12.4 Å². The van der Waals surface area contributed by atoms with Crippen LogP contribution in [0.15, 0.2) is 41.1 Å². The van der Waals surface area contributed by atoms with Crippen molar-refractivity contribution in [2.45, 2.75) is 25.8 Å². The van der Waals surface area contributed by atoms with Crippen LogP contribution in [-0.2, 0) is 6.42 Å². The number of nitrogens with one attached hydrogen (secondary N) is 1. The van der Waals surface area contributed by atoms with Crippen LogP contribution in [0.2, 0.25) is 0 Å². The highest BCUT2D eigenvalue weighted by Gasteiger charge is 2.21. The number of aromatic nitrogens is 1. The Hall–Kier alpha value is -1.33. The van der Waals surface area contributed by atoms with E-state index in [0.29, 0.717) is 17.4 Å². The molecular formula is C16H17BrF2N2. The van der Waals surface area contributed by atoms with Crippen LogP contribution in [0.1, 0.15) is 30.5 Å². The molecule has 0 saturated heterocycles. The average Bonchev–Trinajstić information content (AvgIpc) is 2.44. The summed E-state index contributed by atoms with van der Waals surface area (Å²) in [5.74, 6) is -1.08. The smallest absolute Gasteiger partial charge is 0.132 e. The summed E-state index contributed by atoms with van der Waals surface area (Å²) in [4.78, 5) is 4.05. The molecule has 2 nitrogen and oxygen atoms in total. The summed E-state index contributed by atoms with van der Waals surface area (Å²) < 4.78 is 28.7. The minimum absolute atomic E-state index is 0.0792. The Morgan fingerprint density at radius 3 is 2.57 bits per heavy atom. The maximum absolute atomic E-state index is 14.2. The van der Waals surface area contributed by atoms with Crippen LogP contribution >= 0.6 is 15.9 Å². The maximum atomic E-state index is 14.2. The highest BCUT2D eigenvalue weighted by atomic mass is 79.9. The highest BCUT2D eigenvalue weighted by molar-refractivity contribution is 9.10. The van der Waals surface area contributed by atoms with Crippen molar-refractivity contribution in [2.75, 3.05) is 6.54 Å². The highest BCUT2D eigenvalue weighted by Crippen LogP contribution is 2.27. The first kappa shape index (κ1) is 16.0. The van der Waals surface area contributed by atoms with E-state index in [0.717, 1.165) is 12.0 Å². The fourth-order valence-electron chi connectivity index (χ4n) is 2.24. The second-order valence-electron chi connectivity index (χ2n) is 4.86. The number of benzene rings is 1. The molecule has 1 aromatic carbocycles.